The van der Waals surface area contributed by atoms with Crippen LogP contribution in [0, 0.1) is 6.92 Å². The molecule has 0 radical (unpaired) electrons. The van der Waals surface area contributed by atoms with Gasteiger partial charge >= 0.3 is 0 Å². The van der Waals surface area contributed by atoms with E-state index in [-0.39, 0.29) is 0 Å². The SMILES string of the molecule is CC1=NNSC1(C(N)=O)c1ccc(-c2cc(-c3ccno3)ccc2C)cn1. The molecular weight excluding hydrogens is 362 g/mol. The minimum atomic E-state index is -1.09. The highest BCUT2D eigenvalue weighted by molar-refractivity contribution is 8.00. The van der Waals surface area contributed by atoms with Crippen molar-refractivity contribution in [3.05, 3.63) is 60.0 Å². The van der Waals surface area contributed by atoms with Crippen LogP contribution in [0.5, 0.6) is 0 Å². The Morgan fingerprint density at radius 2 is 2.00 bits per heavy atom. The lowest BCUT2D eigenvalue weighted by atomic mass is 9.95. The van der Waals surface area contributed by atoms with Gasteiger partial charge in [-0.3, -0.25) is 14.6 Å². The molecule has 2 aromatic heterocycles. The summed E-state index contributed by atoms with van der Waals surface area (Å²) in [4.78, 5) is 19.4. The number of hydrazone groups is 1. The standard InChI is InChI=1S/C19H17N5O2S/c1-11-3-4-13(16-7-8-22-26-16)9-15(11)14-5-6-17(21-10-14)19(18(20)25)12(2)23-24-27-19/h3-10,24H,1-2H3,(H2,20,25). The predicted molar refractivity (Wildman–Crippen MR) is 105 cm³/mol. The molecule has 0 aliphatic carbocycles. The summed E-state index contributed by atoms with van der Waals surface area (Å²) in [6.45, 7) is 3.80. The van der Waals surface area contributed by atoms with Crippen molar-refractivity contribution in [2.24, 2.45) is 10.8 Å². The Labute approximate surface area is 160 Å². The van der Waals surface area contributed by atoms with Crippen molar-refractivity contribution >= 4 is 23.6 Å². The fourth-order valence-electron chi connectivity index (χ4n) is 3.12. The maximum absolute atomic E-state index is 12.1. The molecule has 8 heteroatoms. The Kier molecular flexibility index (Phi) is 4.19. The normalized spacial score (nSPS) is 18.8. The minimum Gasteiger partial charge on any atom is -0.368 e. The van der Waals surface area contributed by atoms with Gasteiger partial charge in [-0.2, -0.15) is 5.10 Å². The van der Waals surface area contributed by atoms with Crippen molar-refractivity contribution in [3.8, 4) is 22.5 Å². The van der Waals surface area contributed by atoms with Crippen LogP contribution in [0.25, 0.3) is 22.5 Å². The van der Waals surface area contributed by atoms with Crippen molar-refractivity contribution < 1.29 is 9.32 Å². The van der Waals surface area contributed by atoms with Crippen molar-refractivity contribution in [1.82, 2.24) is 15.0 Å². The number of aromatic nitrogens is 2. The summed E-state index contributed by atoms with van der Waals surface area (Å²) in [6.07, 6.45) is 3.37. The first-order valence-corrected chi connectivity index (χ1v) is 9.10. The fraction of sp³-hybridized carbons (Fsp3) is 0.158. The smallest absolute Gasteiger partial charge is 0.247 e. The molecule has 0 saturated heterocycles. The van der Waals surface area contributed by atoms with E-state index in [1.165, 1.54) is 0 Å². The molecule has 136 valence electrons. The molecule has 1 aromatic carbocycles. The number of nitrogens with zero attached hydrogens (tertiary/aromatic N) is 3. The Hall–Kier alpha value is -3.13. The second kappa shape index (κ2) is 6.55. The van der Waals surface area contributed by atoms with E-state index in [2.05, 4.69) is 20.1 Å². The van der Waals surface area contributed by atoms with Crippen molar-refractivity contribution in [2.75, 3.05) is 0 Å². The second-order valence-electron chi connectivity index (χ2n) is 6.27. The number of aryl methyl sites for hydroxylation is 1. The van der Waals surface area contributed by atoms with E-state index < -0.39 is 10.7 Å². The average molecular weight is 379 g/mol. The Bertz CT molecular complexity index is 1030. The number of nitrogens with two attached hydrogens (primary N) is 1. The molecule has 3 N–H and O–H groups in total. The van der Waals surface area contributed by atoms with Crippen LogP contribution in [-0.4, -0.2) is 21.8 Å². The summed E-state index contributed by atoms with van der Waals surface area (Å²) in [5, 5.41) is 7.85. The zero-order valence-corrected chi connectivity index (χ0v) is 15.6. The third-order valence-electron chi connectivity index (χ3n) is 4.66. The monoisotopic (exact) mass is 379 g/mol. The summed E-state index contributed by atoms with van der Waals surface area (Å²) in [5.41, 5.74) is 10.8. The Morgan fingerprint density at radius 1 is 1.19 bits per heavy atom. The molecule has 1 aliphatic heterocycles. The number of amides is 1. The third-order valence-corrected chi connectivity index (χ3v) is 5.86. The molecule has 0 fully saturated rings. The van der Waals surface area contributed by atoms with Crippen LogP contribution in [0.1, 0.15) is 18.2 Å². The number of pyridine rings is 1. The molecule has 1 aliphatic rings. The van der Waals surface area contributed by atoms with Gasteiger partial charge in [-0.25, -0.2) is 0 Å². The van der Waals surface area contributed by atoms with Crippen molar-refractivity contribution in [2.45, 2.75) is 18.6 Å². The lowest BCUT2D eigenvalue weighted by molar-refractivity contribution is -0.118. The lowest BCUT2D eigenvalue weighted by Gasteiger charge is -2.22. The number of carbonyl (C=O) groups is 1. The van der Waals surface area contributed by atoms with E-state index in [0.717, 1.165) is 34.2 Å². The van der Waals surface area contributed by atoms with E-state index in [0.29, 0.717) is 17.2 Å². The average Bonchev–Trinajstić information content (AvgIpc) is 3.33. The largest absolute Gasteiger partial charge is 0.368 e. The molecule has 4 rings (SSSR count). The zero-order valence-electron chi connectivity index (χ0n) is 14.8. The molecule has 27 heavy (non-hydrogen) atoms. The predicted octanol–water partition coefficient (Wildman–Crippen LogP) is 3.02. The molecule has 1 amide bonds. The molecule has 0 saturated carbocycles. The number of rotatable bonds is 4. The van der Waals surface area contributed by atoms with E-state index >= 15 is 0 Å². The Balaban J connectivity index is 1.74. The number of benzene rings is 1. The molecule has 3 aromatic rings. The number of nitrogens with one attached hydrogen (secondary N) is 1. The van der Waals surface area contributed by atoms with Crippen LogP contribution < -0.4 is 10.6 Å². The zero-order chi connectivity index (χ0) is 19.0. The topological polar surface area (TPSA) is 106 Å². The molecule has 3 heterocycles. The highest BCUT2D eigenvalue weighted by Gasteiger charge is 2.47. The van der Waals surface area contributed by atoms with E-state index in [1.54, 1.807) is 19.3 Å². The van der Waals surface area contributed by atoms with Crippen LogP contribution in [0.2, 0.25) is 0 Å². The summed E-state index contributed by atoms with van der Waals surface area (Å²) in [5.74, 6) is 0.205. The van der Waals surface area contributed by atoms with E-state index in [9.17, 15) is 4.79 Å². The highest BCUT2D eigenvalue weighted by atomic mass is 32.2. The van der Waals surface area contributed by atoms with Crippen LogP contribution >= 0.6 is 11.9 Å². The first-order valence-electron chi connectivity index (χ1n) is 8.28. The summed E-state index contributed by atoms with van der Waals surface area (Å²) in [7, 11) is 0. The van der Waals surface area contributed by atoms with Gasteiger partial charge in [0.1, 0.15) is 0 Å². The van der Waals surface area contributed by atoms with Gasteiger partial charge in [-0.05, 0) is 49.1 Å². The maximum atomic E-state index is 12.1. The lowest BCUT2D eigenvalue weighted by Crippen LogP contribution is -2.43. The van der Waals surface area contributed by atoms with Gasteiger partial charge in [0.15, 0.2) is 10.5 Å². The maximum Gasteiger partial charge on any atom is 0.247 e. The van der Waals surface area contributed by atoms with Gasteiger partial charge < -0.3 is 10.3 Å². The summed E-state index contributed by atoms with van der Waals surface area (Å²) >= 11 is 1.15. The van der Waals surface area contributed by atoms with E-state index in [4.69, 9.17) is 10.3 Å². The molecule has 0 bridgehead atoms. The van der Waals surface area contributed by atoms with Gasteiger partial charge in [-0.15, -0.1) is 0 Å². The third kappa shape index (κ3) is 2.78. The fourth-order valence-corrected chi connectivity index (χ4v) is 3.96. The van der Waals surface area contributed by atoms with Gasteiger partial charge in [-0.1, -0.05) is 23.4 Å². The van der Waals surface area contributed by atoms with Gasteiger partial charge in [0.2, 0.25) is 5.91 Å². The van der Waals surface area contributed by atoms with Crippen LogP contribution in [0.15, 0.2) is 58.4 Å². The first kappa shape index (κ1) is 17.3. The van der Waals surface area contributed by atoms with Crippen molar-refractivity contribution in [3.63, 3.8) is 0 Å². The number of carbonyl (C=O) groups excluding carboxylic acids is 1. The molecule has 7 nitrogen and oxygen atoms in total. The van der Waals surface area contributed by atoms with Gasteiger partial charge in [0, 0.05) is 23.4 Å². The first-order chi connectivity index (χ1) is 13.0. The van der Waals surface area contributed by atoms with Crippen LogP contribution in [0.4, 0.5) is 0 Å². The van der Waals surface area contributed by atoms with Crippen molar-refractivity contribution in [1.29, 1.82) is 0 Å². The summed E-state index contributed by atoms with van der Waals surface area (Å²) < 4.78 is 4.16. The van der Waals surface area contributed by atoms with Gasteiger partial charge in [0.05, 0.1) is 17.6 Å². The number of hydrogen-bond donors (Lipinski definition) is 2. The molecule has 1 unspecified atom stereocenters. The summed E-state index contributed by atoms with van der Waals surface area (Å²) in [6, 6.07) is 11.6. The second-order valence-corrected chi connectivity index (χ2v) is 7.27. The molecular formula is C19H17N5O2S. The van der Waals surface area contributed by atoms with Crippen LogP contribution in [-0.2, 0) is 9.54 Å². The van der Waals surface area contributed by atoms with Gasteiger partial charge in [0.25, 0.3) is 0 Å². The minimum absolute atomic E-state index is 0.498. The quantitative estimate of drug-likeness (QED) is 0.675. The van der Waals surface area contributed by atoms with E-state index in [1.807, 2.05) is 43.3 Å². The highest BCUT2D eigenvalue weighted by Crippen LogP contribution is 2.39. The van der Waals surface area contributed by atoms with Crippen LogP contribution in [0.3, 0.4) is 0 Å². The Morgan fingerprint density at radius 3 is 2.59 bits per heavy atom. The molecule has 1 atom stereocenters. The number of primary amides is 1. The number of hydrogen-bond acceptors (Lipinski definition) is 7. The molecule has 0 spiro atoms.